The predicted molar refractivity (Wildman–Crippen MR) is 78.1 cm³/mol. The van der Waals surface area contributed by atoms with Crippen molar-refractivity contribution in [3.05, 3.63) is 15.8 Å². The van der Waals surface area contributed by atoms with Crippen molar-refractivity contribution in [2.45, 2.75) is 31.9 Å². The molecule has 1 aliphatic heterocycles. The first-order valence-corrected chi connectivity index (χ1v) is 7.25. The van der Waals surface area contributed by atoms with E-state index >= 15 is 0 Å². The SMILES string of the molecule is COC(CN)COc1nn(C2CCOCC2)c(C)c1[N+](=O)[O-]. The summed E-state index contributed by atoms with van der Waals surface area (Å²) in [6.45, 7) is 3.34. The van der Waals surface area contributed by atoms with E-state index in [1.165, 1.54) is 7.11 Å². The Bertz CT molecular complexity index is 509. The minimum Gasteiger partial charge on any atom is -0.469 e. The van der Waals surface area contributed by atoms with Crippen molar-refractivity contribution in [1.82, 2.24) is 9.78 Å². The third kappa shape index (κ3) is 3.54. The van der Waals surface area contributed by atoms with Crippen molar-refractivity contribution in [2.75, 3.05) is 33.5 Å². The summed E-state index contributed by atoms with van der Waals surface area (Å²) in [6.07, 6.45) is 1.23. The summed E-state index contributed by atoms with van der Waals surface area (Å²) in [4.78, 5) is 10.9. The first-order valence-electron chi connectivity index (χ1n) is 7.25. The van der Waals surface area contributed by atoms with Crippen LogP contribution in [0.3, 0.4) is 0 Å². The molecule has 1 atom stereocenters. The molecule has 1 aromatic heterocycles. The van der Waals surface area contributed by atoms with Gasteiger partial charge in [-0.3, -0.25) is 14.8 Å². The Morgan fingerprint density at radius 3 is 2.77 bits per heavy atom. The van der Waals surface area contributed by atoms with Crippen molar-refractivity contribution in [2.24, 2.45) is 5.73 Å². The number of hydrogen-bond acceptors (Lipinski definition) is 7. The lowest BCUT2D eigenvalue weighted by Crippen LogP contribution is -2.29. The highest BCUT2D eigenvalue weighted by Gasteiger charge is 2.30. The number of methoxy groups -OCH3 is 1. The summed E-state index contributed by atoms with van der Waals surface area (Å²) < 4.78 is 17.6. The van der Waals surface area contributed by atoms with Crippen molar-refractivity contribution in [3.8, 4) is 5.88 Å². The van der Waals surface area contributed by atoms with Gasteiger partial charge in [-0.15, -0.1) is 5.10 Å². The number of nitrogens with zero attached hydrogens (tertiary/aromatic N) is 3. The van der Waals surface area contributed by atoms with Crippen LogP contribution in [0.4, 0.5) is 5.69 Å². The molecule has 0 saturated carbocycles. The monoisotopic (exact) mass is 314 g/mol. The van der Waals surface area contributed by atoms with Gasteiger partial charge < -0.3 is 19.9 Å². The number of nitro groups is 1. The topological polar surface area (TPSA) is 115 Å². The number of nitrogens with two attached hydrogens (primary N) is 1. The van der Waals surface area contributed by atoms with Gasteiger partial charge in [-0.25, -0.2) is 0 Å². The molecule has 1 saturated heterocycles. The van der Waals surface area contributed by atoms with Gasteiger partial charge in [0.1, 0.15) is 18.4 Å². The highest BCUT2D eigenvalue weighted by Crippen LogP contribution is 2.34. The molecule has 0 bridgehead atoms. The Hall–Kier alpha value is -1.71. The number of aromatic nitrogens is 2. The summed E-state index contributed by atoms with van der Waals surface area (Å²) in [5.74, 6) is 0.0180. The van der Waals surface area contributed by atoms with Crippen LogP contribution >= 0.6 is 0 Å². The fourth-order valence-corrected chi connectivity index (χ4v) is 2.48. The van der Waals surface area contributed by atoms with E-state index < -0.39 is 4.92 Å². The first-order chi connectivity index (χ1) is 10.6. The van der Waals surface area contributed by atoms with Crippen LogP contribution in [0.25, 0.3) is 0 Å². The van der Waals surface area contributed by atoms with Crippen molar-refractivity contribution < 1.29 is 19.1 Å². The first kappa shape index (κ1) is 16.7. The molecule has 0 spiro atoms. The molecule has 2 rings (SSSR count). The van der Waals surface area contributed by atoms with Crippen LogP contribution in [0.1, 0.15) is 24.6 Å². The Balaban J connectivity index is 2.22. The molecular formula is C13H22N4O5. The summed E-state index contributed by atoms with van der Waals surface area (Å²) in [7, 11) is 1.52. The Labute approximate surface area is 128 Å². The van der Waals surface area contributed by atoms with Crippen LogP contribution in [0.15, 0.2) is 0 Å². The second-order valence-electron chi connectivity index (χ2n) is 5.19. The lowest BCUT2D eigenvalue weighted by molar-refractivity contribution is -0.386. The maximum absolute atomic E-state index is 11.3. The van der Waals surface area contributed by atoms with E-state index in [2.05, 4.69) is 5.10 Å². The number of hydrogen-bond donors (Lipinski definition) is 1. The highest BCUT2D eigenvalue weighted by molar-refractivity contribution is 5.45. The smallest absolute Gasteiger partial charge is 0.352 e. The van der Waals surface area contributed by atoms with Crippen LogP contribution in [0.5, 0.6) is 5.88 Å². The highest BCUT2D eigenvalue weighted by atomic mass is 16.6. The standard InChI is InChI=1S/C13H22N4O5/c1-9-12(17(18)19)13(22-8-11(7-14)20-2)15-16(9)10-3-5-21-6-4-10/h10-11H,3-8,14H2,1-2H3. The largest absolute Gasteiger partial charge is 0.469 e. The van der Waals surface area contributed by atoms with E-state index in [1.54, 1.807) is 11.6 Å². The van der Waals surface area contributed by atoms with Crippen molar-refractivity contribution >= 4 is 5.69 Å². The fourth-order valence-electron chi connectivity index (χ4n) is 2.48. The molecule has 9 heteroatoms. The maximum Gasteiger partial charge on any atom is 0.352 e. The van der Waals surface area contributed by atoms with Gasteiger partial charge in [-0.2, -0.15) is 0 Å². The normalized spacial score (nSPS) is 17.4. The van der Waals surface area contributed by atoms with Crippen LogP contribution in [0, 0.1) is 17.0 Å². The van der Waals surface area contributed by atoms with Gasteiger partial charge in [-0.1, -0.05) is 0 Å². The molecule has 1 unspecified atom stereocenters. The minimum atomic E-state index is -0.461. The molecule has 2 heterocycles. The second kappa shape index (κ2) is 7.52. The molecule has 1 aliphatic rings. The quantitative estimate of drug-likeness (QED) is 0.584. The van der Waals surface area contributed by atoms with E-state index in [9.17, 15) is 10.1 Å². The van der Waals surface area contributed by atoms with Gasteiger partial charge in [0.25, 0.3) is 0 Å². The van der Waals surface area contributed by atoms with Gasteiger partial charge in [0.05, 0.1) is 11.0 Å². The van der Waals surface area contributed by atoms with Gasteiger partial charge in [-0.05, 0) is 19.8 Å². The molecule has 1 aromatic rings. The molecule has 0 aromatic carbocycles. The number of ether oxygens (including phenoxy) is 3. The summed E-state index contributed by atoms with van der Waals surface area (Å²) in [6, 6.07) is 0.0949. The van der Waals surface area contributed by atoms with Crippen LogP contribution in [-0.4, -0.2) is 54.3 Å². The van der Waals surface area contributed by atoms with Gasteiger partial charge >= 0.3 is 11.6 Å². The molecular weight excluding hydrogens is 292 g/mol. The number of rotatable bonds is 7. The zero-order valence-electron chi connectivity index (χ0n) is 12.9. The third-order valence-electron chi connectivity index (χ3n) is 3.81. The molecule has 9 nitrogen and oxygen atoms in total. The molecule has 0 radical (unpaired) electrons. The van der Waals surface area contributed by atoms with E-state index in [-0.39, 0.29) is 36.9 Å². The molecule has 0 aliphatic carbocycles. The summed E-state index contributed by atoms with van der Waals surface area (Å²) in [5.41, 5.74) is 5.91. The average Bonchev–Trinajstić information content (AvgIpc) is 2.86. The zero-order chi connectivity index (χ0) is 16.1. The Morgan fingerprint density at radius 2 is 2.23 bits per heavy atom. The van der Waals surface area contributed by atoms with E-state index in [0.717, 1.165) is 12.8 Å². The second-order valence-corrected chi connectivity index (χ2v) is 5.19. The van der Waals surface area contributed by atoms with Crippen LogP contribution in [0.2, 0.25) is 0 Å². The molecule has 124 valence electrons. The Kier molecular flexibility index (Phi) is 5.69. The summed E-state index contributed by atoms with van der Waals surface area (Å²) >= 11 is 0. The lowest BCUT2D eigenvalue weighted by Gasteiger charge is -2.22. The lowest BCUT2D eigenvalue weighted by atomic mass is 10.1. The molecule has 22 heavy (non-hydrogen) atoms. The average molecular weight is 314 g/mol. The maximum atomic E-state index is 11.3. The van der Waals surface area contributed by atoms with E-state index in [0.29, 0.717) is 18.9 Å². The zero-order valence-corrected chi connectivity index (χ0v) is 12.9. The molecule has 0 amide bonds. The minimum absolute atomic E-state index is 0.0180. The van der Waals surface area contributed by atoms with Crippen molar-refractivity contribution in [1.29, 1.82) is 0 Å². The molecule has 2 N–H and O–H groups in total. The van der Waals surface area contributed by atoms with Gasteiger partial charge in [0.15, 0.2) is 0 Å². The molecule has 1 fully saturated rings. The van der Waals surface area contributed by atoms with Gasteiger partial charge in [0.2, 0.25) is 0 Å². The van der Waals surface area contributed by atoms with Gasteiger partial charge in [0, 0.05) is 26.9 Å². The predicted octanol–water partition coefficient (Wildman–Crippen LogP) is 0.804. The van der Waals surface area contributed by atoms with Crippen molar-refractivity contribution in [3.63, 3.8) is 0 Å². The van der Waals surface area contributed by atoms with Crippen LogP contribution in [-0.2, 0) is 9.47 Å². The summed E-state index contributed by atoms with van der Waals surface area (Å²) in [5, 5.41) is 15.6. The van der Waals surface area contributed by atoms with E-state index in [4.69, 9.17) is 19.9 Å². The van der Waals surface area contributed by atoms with E-state index in [1.807, 2.05) is 0 Å². The Morgan fingerprint density at radius 1 is 1.55 bits per heavy atom. The fraction of sp³-hybridized carbons (Fsp3) is 0.769. The third-order valence-corrected chi connectivity index (χ3v) is 3.81. The van der Waals surface area contributed by atoms with Crippen LogP contribution < -0.4 is 10.5 Å².